The van der Waals surface area contributed by atoms with E-state index in [1.54, 1.807) is 26.4 Å². The van der Waals surface area contributed by atoms with E-state index in [9.17, 15) is 9.59 Å². The molecular formula is C20H28N2O4. The third-order valence-electron chi connectivity index (χ3n) is 5.52. The number of benzene rings is 1. The van der Waals surface area contributed by atoms with Crippen LogP contribution in [0, 0.1) is 11.8 Å². The zero-order chi connectivity index (χ0) is 18.5. The Bertz CT molecular complexity index is 647. The average molecular weight is 360 g/mol. The second kappa shape index (κ2) is 8.43. The van der Waals surface area contributed by atoms with Crippen LogP contribution >= 0.6 is 0 Å². The molecule has 1 heterocycles. The van der Waals surface area contributed by atoms with Crippen molar-refractivity contribution in [2.75, 3.05) is 32.6 Å². The van der Waals surface area contributed by atoms with Crippen molar-refractivity contribution in [1.29, 1.82) is 0 Å². The van der Waals surface area contributed by atoms with Gasteiger partial charge in [-0.15, -0.1) is 0 Å². The topological polar surface area (TPSA) is 67.9 Å². The second-order valence-corrected chi connectivity index (χ2v) is 7.14. The molecule has 2 fully saturated rings. The van der Waals surface area contributed by atoms with Crippen LogP contribution in [0.2, 0.25) is 0 Å². The fraction of sp³-hybridized carbons (Fsp3) is 0.600. The molecule has 0 unspecified atom stereocenters. The van der Waals surface area contributed by atoms with Gasteiger partial charge in [-0.3, -0.25) is 9.59 Å². The number of methoxy groups -OCH3 is 2. The van der Waals surface area contributed by atoms with Crippen LogP contribution < -0.4 is 14.8 Å². The van der Waals surface area contributed by atoms with Crippen LogP contribution in [0.4, 0.5) is 5.69 Å². The highest BCUT2D eigenvalue weighted by Gasteiger charge is 2.32. The summed E-state index contributed by atoms with van der Waals surface area (Å²) < 4.78 is 10.5. The van der Waals surface area contributed by atoms with E-state index in [4.69, 9.17) is 9.47 Å². The summed E-state index contributed by atoms with van der Waals surface area (Å²) in [6, 6.07) is 5.35. The number of ether oxygens (including phenoxy) is 2. The molecule has 1 saturated heterocycles. The molecule has 0 spiro atoms. The van der Waals surface area contributed by atoms with E-state index in [0.29, 0.717) is 23.1 Å². The molecule has 142 valence electrons. The van der Waals surface area contributed by atoms with E-state index in [1.165, 1.54) is 0 Å². The maximum atomic E-state index is 12.6. The zero-order valence-corrected chi connectivity index (χ0v) is 15.6. The number of hydrogen-bond donors (Lipinski definition) is 1. The third-order valence-corrected chi connectivity index (χ3v) is 5.52. The van der Waals surface area contributed by atoms with E-state index in [0.717, 1.165) is 51.6 Å². The van der Waals surface area contributed by atoms with Crippen LogP contribution in [0.15, 0.2) is 18.2 Å². The SMILES string of the molecule is COc1ccc(NC(=O)C2CCC(C(=O)N3CCCC3)CC2)cc1OC. The van der Waals surface area contributed by atoms with Gasteiger partial charge in [-0.2, -0.15) is 0 Å². The minimum Gasteiger partial charge on any atom is -0.493 e. The number of carbonyl (C=O) groups excluding carboxylic acids is 2. The molecule has 1 N–H and O–H groups in total. The van der Waals surface area contributed by atoms with Gasteiger partial charge in [-0.25, -0.2) is 0 Å². The minimum atomic E-state index is -0.0364. The largest absolute Gasteiger partial charge is 0.493 e. The summed E-state index contributed by atoms with van der Waals surface area (Å²) >= 11 is 0. The smallest absolute Gasteiger partial charge is 0.227 e. The van der Waals surface area contributed by atoms with Crippen LogP contribution in [0.25, 0.3) is 0 Å². The van der Waals surface area contributed by atoms with Gasteiger partial charge >= 0.3 is 0 Å². The van der Waals surface area contributed by atoms with E-state index in [1.807, 2.05) is 11.0 Å². The first kappa shape index (κ1) is 18.5. The molecule has 26 heavy (non-hydrogen) atoms. The number of carbonyl (C=O) groups is 2. The Kier molecular flexibility index (Phi) is 6.01. The van der Waals surface area contributed by atoms with Crippen molar-refractivity contribution in [3.8, 4) is 11.5 Å². The molecule has 1 aliphatic heterocycles. The van der Waals surface area contributed by atoms with Crippen LogP contribution in [0.1, 0.15) is 38.5 Å². The van der Waals surface area contributed by atoms with Gasteiger partial charge in [0, 0.05) is 36.7 Å². The first-order chi connectivity index (χ1) is 12.6. The Morgan fingerprint density at radius 2 is 1.58 bits per heavy atom. The number of rotatable bonds is 5. The highest BCUT2D eigenvalue weighted by Crippen LogP contribution is 2.33. The summed E-state index contributed by atoms with van der Waals surface area (Å²) in [5.41, 5.74) is 0.697. The molecule has 2 amide bonds. The molecule has 6 heteroatoms. The van der Waals surface area contributed by atoms with Crippen LogP contribution in [-0.4, -0.2) is 44.0 Å². The van der Waals surface area contributed by atoms with Gasteiger partial charge in [0.25, 0.3) is 0 Å². The number of amides is 2. The second-order valence-electron chi connectivity index (χ2n) is 7.14. The van der Waals surface area contributed by atoms with Gasteiger partial charge < -0.3 is 19.7 Å². The van der Waals surface area contributed by atoms with Gasteiger partial charge in [0.05, 0.1) is 14.2 Å². The fourth-order valence-corrected chi connectivity index (χ4v) is 3.96. The molecule has 3 rings (SSSR count). The molecule has 0 atom stereocenters. The van der Waals surface area contributed by atoms with Crippen molar-refractivity contribution in [3.63, 3.8) is 0 Å². The lowest BCUT2D eigenvalue weighted by molar-refractivity contribution is -0.136. The van der Waals surface area contributed by atoms with E-state index in [2.05, 4.69) is 5.32 Å². The van der Waals surface area contributed by atoms with Gasteiger partial charge in [-0.1, -0.05) is 0 Å². The lowest BCUT2D eigenvalue weighted by Crippen LogP contribution is -2.37. The van der Waals surface area contributed by atoms with Crippen molar-refractivity contribution >= 4 is 17.5 Å². The standard InChI is InChI=1S/C20H28N2O4/c1-25-17-10-9-16(13-18(17)26-2)21-19(23)14-5-7-15(8-6-14)20(24)22-11-3-4-12-22/h9-10,13-15H,3-8,11-12H2,1-2H3,(H,21,23). The maximum Gasteiger partial charge on any atom is 0.227 e. The Balaban J connectivity index is 1.53. The Hall–Kier alpha value is -2.24. The summed E-state index contributed by atoms with van der Waals surface area (Å²) in [4.78, 5) is 27.1. The predicted octanol–water partition coefficient (Wildman–Crippen LogP) is 3.07. The molecule has 0 radical (unpaired) electrons. The lowest BCUT2D eigenvalue weighted by Gasteiger charge is -2.29. The quantitative estimate of drug-likeness (QED) is 0.876. The predicted molar refractivity (Wildman–Crippen MR) is 99.4 cm³/mol. The Morgan fingerprint density at radius 3 is 2.19 bits per heavy atom. The molecular weight excluding hydrogens is 332 g/mol. The van der Waals surface area contributed by atoms with Crippen molar-refractivity contribution in [1.82, 2.24) is 4.90 Å². The van der Waals surface area contributed by atoms with Crippen molar-refractivity contribution in [2.45, 2.75) is 38.5 Å². The number of nitrogens with one attached hydrogen (secondary N) is 1. The van der Waals surface area contributed by atoms with Crippen molar-refractivity contribution in [3.05, 3.63) is 18.2 Å². The van der Waals surface area contributed by atoms with Gasteiger partial charge in [0.1, 0.15) is 0 Å². The first-order valence-electron chi connectivity index (χ1n) is 9.44. The van der Waals surface area contributed by atoms with Crippen LogP contribution in [-0.2, 0) is 9.59 Å². The first-order valence-corrected chi connectivity index (χ1v) is 9.44. The molecule has 6 nitrogen and oxygen atoms in total. The monoisotopic (exact) mass is 360 g/mol. The average Bonchev–Trinajstić information content (AvgIpc) is 3.22. The summed E-state index contributed by atoms with van der Waals surface area (Å²) in [7, 11) is 3.15. The highest BCUT2D eigenvalue weighted by atomic mass is 16.5. The summed E-state index contributed by atoms with van der Waals surface area (Å²) in [5, 5.41) is 2.97. The van der Waals surface area contributed by atoms with E-state index >= 15 is 0 Å². The summed E-state index contributed by atoms with van der Waals surface area (Å²) in [6.45, 7) is 1.80. The number of anilines is 1. The lowest BCUT2D eigenvalue weighted by atomic mass is 9.81. The fourth-order valence-electron chi connectivity index (χ4n) is 3.96. The van der Waals surface area contributed by atoms with Crippen LogP contribution in [0.3, 0.4) is 0 Å². The highest BCUT2D eigenvalue weighted by molar-refractivity contribution is 5.93. The van der Waals surface area contributed by atoms with Gasteiger partial charge in [0.2, 0.25) is 11.8 Å². The summed E-state index contributed by atoms with van der Waals surface area (Å²) in [6.07, 6.45) is 5.38. The minimum absolute atomic E-state index is 0.0179. The van der Waals surface area contributed by atoms with Crippen molar-refractivity contribution in [2.24, 2.45) is 11.8 Å². The van der Waals surface area contributed by atoms with Crippen LogP contribution in [0.5, 0.6) is 11.5 Å². The maximum absolute atomic E-state index is 12.6. The molecule has 1 aromatic carbocycles. The Morgan fingerprint density at radius 1 is 0.962 bits per heavy atom. The normalized spacial score (nSPS) is 22.8. The number of hydrogen-bond acceptors (Lipinski definition) is 4. The molecule has 0 aromatic heterocycles. The molecule has 0 bridgehead atoms. The number of nitrogens with zero attached hydrogens (tertiary/aromatic N) is 1. The molecule has 1 aromatic rings. The van der Waals surface area contributed by atoms with Gasteiger partial charge in [0.15, 0.2) is 11.5 Å². The van der Waals surface area contributed by atoms with E-state index < -0.39 is 0 Å². The zero-order valence-electron chi connectivity index (χ0n) is 15.6. The molecule has 1 saturated carbocycles. The Labute approximate surface area is 154 Å². The van der Waals surface area contributed by atoms with E-state index in [-0.39, 0.29) is 17.7 Å². The molecule has 1 aliphatic carbocycles. The summed E-state index contributed by atoms with van der Waals surface area (Å²) in [5.74, 6) is 1.59. The van der Waals surface area contributed by atoms with Crippen molar-refractivity contribution < 1.29 is 19.1 Å². The third kappa shape index (κ3) is 4.11. The molecule has 2 aliphatic rings. The number of likely N-dealkylation sites (tertiary alicyclic amines) is 1. The van der Waals surface area contributed by atoms with Gasteiger partial charge in [-0.05, 0) is 50.7 Å².